The zero-order chi connectivity index (χ0) is 13.6. The molecule has 1 aromatic heterocycles. The molecule has 0 amide bonds. The van der Waals surface area contributed by atoms with E-state index in [-0.39, 0.29) is 23.1 Å². The third kappa shape index (κ3) is 5.05. The van der Waals surface area contributed by atoms with Gasteiger partial charge in [-0.1, -0.05) is 0 Å². The summed E-state index contributed by atoms with van der Waals surface area (Å²) in [5.41, 5.74) is 0. The molecule has 18 heavy (non-hydrogen) atoms. The minimum absolute atomic E-state index is 0.213. The molecule has 0 atom stereocenters. The summed E-state index contributed by atoms with van der Waals surface area (Å²) in [6.45, 7) is 2.29. The minimum Gasteiger partial charge on any atom is -0.466 e. The second-order valence-electron chi connectivity index (χ2n) is 3.36. The SMILES string of the molecule is CCOC(=O)CCCNS(=O)(=O)c1ccc(Br)s1. The van der Waals surface area contributed by atoms with E-state index in [9.17, 15) is 13.2 Å². The fourth-order valence-electron chi connectivity index (χ4n) is 1.19. The lowest BCUT2D eigenvalue weighted by Crippen LogP contribution is -2.24. The molecule has 0 aromatic carbocycles. The molecule has 0 aliphatic carbocycles. The van der Waals surface area contributed by atoms with Crippen LogP contribution in [0, 0.1) is 0 Å². The topological polar surface area (TPSA) is 72.5 Å². The Morgan fingerprint density at radius 2 is 2.22 bits per heavy atom. The van der Waals surface area contributed by atoms with Crippen molar-refractivity contribution in [1.82, 2.24) is 4.72 Å². The van der Waals surface area contributed by atoms with Crippen LogP contribution in [0.15, 0.2) is 20.1 Å². The molecule has 0 fully saturated rings. The Hall–Kier alpha value is -0.440. The number of halogens is 1. The summed E-state index contributed by atoms with van der Waals surface area (Å²) in [4.78, 5) is 11.0. The standard InChI is InChI=1S/C10H14BrNO4S2/c1-2-16-9(13)4-3-7-12-18(14,15)10-6-5-8(11)17-10/h5-6,12H,2-4,7H2,1H3. The monoisotopic (exact) mass is 355 g/mol. The van der Waals surface area contributed by atoms with E-state index < -0.39 is 10.0 Å². The van der Waals surface area contributed by atoms with Gasteiger partial charge in [0.05, 0.1) is 10.4 Å². The molecular weight excluding hydrogens is 342 g/mol. The smallest absolute Gasteiger partial charge is 0.305 e. The summed E-state index contributed by atoms with van der Waals surface area (Å²) in [5.74, 6) is -0.310. The first kappa shape index (κ1) is 15.6. The average molecular weight is 356 g/mol. The van der Waals surface area contributed by atoms with Crippen molar-refractivity contribution >= 4 is 43.3 Å². The number of ether oxygens (including phenoxy) is 1. The molecule has 0 spiro atoms. The molecule has 0 saturated carbocycles. The van der Waals surface area contributed by atoms with Crippen molar-refractivity contribution in [2.45, 2.75) is 24.0 Å². The molecule has 0 bridgehead atoms. The Labute approximate surface area is 119 Å². The van der Waals surface area contributed by atoms with Gasteiger partial charge in [0.1, 0.15) is 4.21 Å². The second kappa shape index (κ2) is 7.22. The summed E-state index contributed by atoms with van der Waals surface area (Å²) < 4.78 is 31.8. The molecular formula is C10H14BrNO4S2. The van der Waals surface area contributed by atoms with Gasteiger partial charge in [0, 0.05) is 13.0 Å². The highest BCUT2D eigenvalue weighted by Gasteiger charge is 2.15. The van der Waals surface area contributed by atoms with Gasteiger partial charge in [0.25, 0.3) is 0 Å². The van der Waals surface area contributed by atoms with Gasteiger partial charge in [-0.2, -0.15) is 0 Å². The zero-order valence-electron chi connectivity index (χ0n) is 9.81. The number of rotatable bonds is 7. The Balaban J connectivity index is 2.37. The third-order valence-corrected chi connectivity index (χ3v) is 5.54. The molecule has 1 rings (SSSR count). The number of carbonyl (C=O) groups is 1. The van der Waals surface area contributed by atoms with E-state index >= 15 is 0 Å². The molecule has 1 N–H and O–H groups in total. The lowest BCUT2D eigenvalue weighted by molar-refractivity contribution is -0.143. The van der Waals surface area contributed by atoms with Crippen LogP contribution < -0.4 is 4.72 Å². The summed E-state index contributed by atoms with van der Waals surface area (Å²) in [6, 6.07) is 3.21. The van der Waals surface area contributed by atoms with Gasteiger partial charge in [-0.25, -0.2) is 13.1 Å². The maximum absolute atomic E-state index is 11.8. The number of sulfonamides is 1. The Morgan fingerprint density at radius 1 is 1.50 bits per heavy atom. The predicted molar refractivity (Wildman–Crippen MR) is 73.1 cm³/mol. The lowest BCUT2D eigenvalue weighted by Gasteiger charge is -2.04. The molecule has 0 aliphatic rings. The number of hydrogen-bond donors (Lipinski definition) is 1. The van der Waals surface area contributed by atoms with Gasteiger partial charge in [-0.05, 0) is 41.4 Å². The molecule has 0 radical (unpaired) electrons. The highest BCUT2D eigenvalue weighted by atomic mass is 79.9. The van der Waals surface area contributed by atoms with Crippen molar-refractivity contribution in [2.24, 2.45) is 0 Å². The fraction of sp³-hybridized carbons (Fsp3) is 0.500. The number of thiophene rings is 1. The van der Waals surface area contributed by atoms with E-state index in [1.807, 2.05) is 0 Å². The number of esters is 1. The lowest BCUT2D eigenvalue weighted by atomic mass is 10.3. The van der Waals surface area contributed by atoms with E-state index in [0.717, 1.165) is 15.1 Å². The van der Waals surface area contributed by atoms with Crippen molar-refractivity contribution in [1.29, 1.82) is 0 Å². The second-order valence-corrected chi connectivity index (χ2v) is 7.82. The third-order valence-electron chi connectivity index (χ3n) is 1.97. The van der Waals surface area contributed by atoms with Crippen molar-refractivity contribution in [3.05, 3.63) is 15.9 Å². The van der Waals surface area contributed by atoms with Gasteiger partial charge in [0.15, 0.2) is 0 Å². The van der Waals surface area contributed by atoms with E-state index in [1.165, 1.54) is 6.07 Å². The van der Waals surface area contributed by atoms with Gasteiger partial charge >= 0.3 is 5.97 Å². The summed E-state index contributed by atoms with van der Waals surface area (Å²) in [7, 11) is -3.46. The predicted octanol–water partition coefficient (Wildman–Crippen LogP) is 2.13. The number of nitrogens with one attached hydrogen (secondary N) is 1. The van der Waals surface area contributed by atoms with Crippen LogP contribution in [0.25, 0.3) is 0 Å². The van der Waals surface area contributed by atoms with E-state index in [0.29, 0.717) is 13.0 Å². The molecule has 1 heterocycles. The van der Waals surface area contributed by atoms with E-state index in [4.69, 9.17) is 4.74 Å². The molecule has 5 nitrogen and oxygen atoms in total. The fourth-order valence-corrected chi connectivity index (χ4v) is 4.31. The van der Waals surface area contributed by atoms with Crippen LogP contribution in [0.5, 0.6) is 0 Å². The molecule has 102 valence electrons. The Morgan fingerprint density at radius 3 is 2.78 bits per heavy atom. The summed E-state index contributed by atoms with van der Waals surface area (Å²) in [5, 5.41) is 0. The van der Waals surface area contributed by atoms with Crippen molar-refractivity contribution < 1.29 is 17.9 Å². The average Bonchev–Trinajstić information content (AvgIpc) is 2.72. The van der Waals surface area contributed by atoms with Crippen LogP contribution in [0.2, 0.25) is 0 Å². The zero-order valence-corrected chi connectivity index (χ0v) is 13.0. The minimum atomic E-state index is -3.46. The van der Waals surface area contributed by atoms with Gasteiger partial charge in [-0.15, -0.1) is 11.3 Å². The van der Waals surface area contributed by atoms with Crippen LogP contribution in [0.3, 0.4) is 0 Å². The Bertz CT molecular complexity index is 498. The van der Waals surface area contributed by atoms with Crippen LogP contribution in [0.4, 0.5) is 0 Å². The van der Waals surface area contributed by atoms with Crippen molar-refractivity contribution in [3.63, 3.8) is 0 Å². The van der Waals surface area contributed by atoms with E-state index in [1.54, 1.807) is 13.0 Å². The molecule has 1 aromatic rings. The van der Waals surface area contributed by atoms with Crippen molar-refractivity contribution in [2.75, 3.05) is 13.2 Å². The molecule has 0 unspecified atom stereocenters. The molecule has 8 heteroatoms. The van der Waals surface area contributed by atoms with Gasteiger partial charge in [0.2, 0.25) is 10.0 Å². The highest BCUT2D eigenvalue weighted by molar-refractivity contribution is 9.11. The summed E-state index contributed by atoms with van der Waals surface area (Å²) in [6.07, 6.45) is 0.634. The normalized spacial score (nSPS) is 11.4. The summed E-state index contributed by atoms with van der Waals surface area (Å²) >= 11 is 4.35. The van der Waals surface area contributed by atoms with Crippen molar-refractivity contribution in [3.8, 4) is 0 Å². The first-order valence-electron chi connectivity index (χ1n) is 5.36. The largest absolute Gasteiger partial charge is 0.466 e. The van der Waals surface area contributed by atoms with Gasteiger partial charge < -0.3 is 4.74 Å². The van der Waals surface area contributed by atoms with Crippen LogP contribution in [0.1, 0.15) is 19.8 Å². The molecule has 0 saturated heterocycles. The quantitative estimate of drug-likeness (QED) is 0.600. The number of hydrogen-bond acceptors (Lipinski definition) is 5. The maximum atomic E-state index is 11.8. The first-order chi connectivity index (χ1) is 8.45. The highest BCUT2D eigenvalue weighted by Crippen LogP contribution is 2.25. The van der Waals surface area contributed by atoms with Gasteiger partial charge in [-0.3, -0.25) is 4.79 Å². The first-order valence-corrected chi connectivity index (χ1v) is 8.45. The number of carbonyl (C=O) groups excluding carboxylic acids is 1. The van der Waals surface area contributed by atoms with Crippen LogP contribution in [-0.4, -0.2) is 27.5 Å². The Kier molecular flexibility index (Phi) is 6.27. The van der Waals surface area contributed by atoms with Crippen LogP contribution in [-0.2, 0) is 19.6 Å². The molecule has 0 aliphatic heterocycles. The van der Waals surface area contributed by atoms with Crippen LogP contribution >= 0.6 is 27.3 Å². The van der Waals surface area contributed by atoms with E-state index in [2.05, 4.69) is 20.7 Å². The maximum Gasteiger partial charge on any atom is 0.305 e.